The summed E-state index contributed by atoms with van der Waals surface area (Å²) < 4.78 is 11.5. The van der Waals surface area contributed by atoms with Crippen molar-refractivity contribution in [2.24, 2.45) is 0 Å². The Bertz CT molecular complexity index is 505. The molecule has 1 aliphatic rings. The Morgan fingerprint density at radius 3 is 2.44 bits per heavy atom. The molecule has 0 aliphatic carbocycles. The first kappa shape index (κ1) is 9.28. The van der Waals surface area contributed by atoms with E-state index in [0.29, 0.717) is 0 Å². The Labute approximate surface area is 94.4 Å². The summed E-state index contributed by atoms with van der Waals surface area (Å²) in [5.74, 6) is 1.65. The van der Waals surface area contributed by atoms with Gasteiger partial charge in [-0.2, -0.15) is 0 Å². The number of aryl methyl sites for hydroxylation is 1. The zero-order valence-corrected chi connectivity index (χ0v) is 9.01. The van der Waals surface area contributed by atoms with Crippen molar-refractivity contribution in [1.29, 1.82) is 0 Å². The van der Waals surface area contributed by atoms with E-state index in [2.05, 4.69) is 0 Å². The fourth-order valence-corrected chi connectivity index (χ4v) is 1.81. The molecule has 0 N–H and O–H groups in total. The maximum absolute atomic E-state index is 5.75. The third-order valence-corrected chi connectivity index (χ3v) is 2.64. The summed E-state index contributed by atoms with van der Waals surface area (Å²) in [7, 11) is 0. The van der Waals surface area contributed by atoms with Crippen LogP contribution in [-0.4, -0.2) is 0 Å². The lowest BCUT2D eigenvalue weighted by atomic mass is 10.2. The summed E-state index contributed by atoms with van der Waals surface area (Å²) in [6.45, 7) is 2.04. The zero-order valence-electron chi connectivity index (χ0n) is 9.01. The summed E-state index contributed by atoms with van der Waals surface area (Å²) in [5, 5.41) is 0. The van der Waals surface area contributed by atoms with E-state index >= 15 is 0 Å². The van der Waals surface area contributed by atoms with Gasteiger partial charge in [-0.3, -0.25) is 0 Å². The minimum atomic E-state index is -0.307. The third-order valence-electron chi connectivity index (χ3n) is 2.64. The average Bonchev–Trinajstić information content (AvgIpc) is 2.73. The summed E-state index contributed by atoms with van der Waals surface area (Å²) in [5.41, 5.74) is 2.22. The van der Waals surface area contributed by atoms with Crippen molar-refractivity contribution >= 4 is 0 Å². The average molecular weight is 212 g/mol. The maximum Gasteiger partial charge on any atom is 0.267 e. The van der Waals surface area contributed by atoms with Gasteiger partial charge in [0.15, 0.2) is 11.5 Å². The Hall–Kier alpha value is -1.96. The largest absolute Gasteiger partial charge is 0.447 e. The number of ether oxygens (including phenoxy) is 2. The lowest BCUT2D eigenvalue weighted by Crippen LogP contribution is -2.07. The fraction of sp³-hybridized carbons (Fsp3) is 0.143. The first-order chi connectivity index (χ1) is 7.83. The highest BCUT2D eigenvalue weighted by Gasteiger charge is 2.25. The molecule has 1 aliphatic heterocycles. The molecule has 0 amide bonds. The molecule has 1 heterocycles. The van der Waals surface area contributed by atoms with Crippen molar-refractivity contribution < 1.29 is 9.47 Å². The van der Waals surface area contributed by atoms with Gasteiger partial charge in [0.2, 0.25) is 0 Å². The number of fused-ring (bicyclic) bond motifs is 1. The predicted molar refractivity (Wildman–Crippen MR) is 61.6 cm³/mol. The smallest absolute Gasteiger partial charge is 0.267 e. The van der Waals surface area contributed by atoms with E-state index < -0.39 is 0 Å². The molecule has 1 unspecified atom stereocenters. The summed E-state index contributed by atoms with van der Waals surface area (Å²) >= 11 is 0. The molecule has 0 bridgehead atoms. The predicted octanol–water partition coefficient (Wildman–Crippen LogP) is 3.47. The summed E-state index contributed by atoms with van der Waals surface area (Å²) in [6.07, 6.45) is -0.307. The third kappa shape index (κ3) is 1.52. The van der Waals surface area contributed by atoms with Crippen LogP contribution in [0.3, 0.4) is 0 Å². The molecule has 0 radical (unpaired) electrons. The van der Waals surface area contributed by atoms with E-state index in [4.69, 9.17) is 9.47 Å². The van der Waals surface area contributed by atoms with Crippen LogP contribution in [0.15, 0.2) is 48.5 Å². The van der Waals surface area contributed by atoms with Crippen molar-refractivity contribution in [1.82, 2.24) is 0 Å². The van der Waals surface area contributed by atoms with Crippen LogP contribution in [0.25, 0.3) is 0 Å². The number of hydrogen-bond acceptors (Lipinski definition) is 2. The highest BCUT2D eigenvalue weighted by molar-refractivity contribution is 5.45. The van der Waals surface area contributed by atoms with E-state index in [0.717, 1.165) is 17.1 Å². The Balaban J connectivity index is 1.91. The normalized spacial score (nSPS) is 17.4. The van der Waals surface area contributed by atoms with Gasteiger partial charge < -0.3 is 9.47 Å². The quantitative estimate of drug-likeness (QED) is 0.720. The van der Waals surface area contributed by atoms with Gasteiger partial charge >= 0.3 is 0 Å². The molecule has 2 nitrogen and oxygen atoms in total. The number of benzene rings is 2. The van der Waals surface area contributed by atoms with Crippen molar-refractivity contribution in [3.8, 4) is 11.5 Å². The van der Waals surface area contributed by atoms with E-state index in [1.807, 2.05) is 55.5 Å². The van der Waals surface area contributed by atoms with Crippen LogP contribution in [0.1, 0.15) is 17.4 Å². The van der Waals surface area contributed by atoms with Crippen LogP contribution in [0.2, 0.25) is 0 Å². The van der Waals surface area contributed by atoms with Crippen LogP contribution < -0.4 is 9.47 Å². The zero-order chi connectivity index (χ0) is 11.0. The number of rotatable bonds is 1. The molecule has 80 valence electrons. The first-order valence-corrected chi connectivity index (χ1v) is 5.32. The second-order valence-corrected chi connectivity index (χ2v) is 3.93. The van der Waals surface area contributed by atoms with Gasteiger partial charge in [-0.05, 0) is 24.6 Å². The Morgan fingerprint density at radius 2 is 1.62 bits per heavy atom. The van der Waals surface area contributed by atoms with E-state index in [1.54, 1.807) is 0 Å². The first-order valence-electron chi connectivity index (χ1n) is 5.32. The lowest BCUT2D eigenvalue weighted by Gasteiger charge is -2.09. The standard InChI is InChI=1S/C14H12O2/c1-10-7-8-12-13(9-10)16-14(15-12)11-5-3-2-4-6-11/h2-9,14H,1H3. The van der Waals surface area contributed by atoms with Gasteiger partial charge in [-0.1, -0.05) is 36.4 Å². The summed E-state index contributed by atoms with van der Waals surface area (Å²) in [4.78, 5) is 0. The van der Waals surface area contributed by atoms with Crippen LogP contribution in [-0.2, 0) is 0 Å². The molecule has 3 rings (SSSR count). The molecule has 0 spiro atoms. The molecule has 0 fully saturated rings. The van der Waals surface area contributed by atoms with Crippen LogP contribution in [0.5, 0.6) is 11.5 Å². The second-order valence-electron chi connectivity index (χ2n) is 3.93. The molecule has 2 aromatic rings. The molecule has 2 heteroatoms. The van der Waals surface area contributed by atoms with E-state index in [9.17, 15) is 0 Å². The molecule has 2 aromatic carbocycles. The second kappa shape index (κ2) is 3.56. The highest BCUT2D eigenvalue weighted by atomic mass is 16.7. The van der Waals surface area contributed by atoms with Gasteiger partial charge in [-0.25, -0.2) is 0 Å². The maximum atomic E-state index is 5.75. The van der Waals surface area contributed by atoms with Crippen molar-refractivity contribution in [3.63, 3.8) is 0 Å². The number of hydrogen-bond donors (Lipinski definition) is 0. The van der Waals surface area contributed by atoms with Crippen LogP contribution in [0, 0.1) is 6.92 Å². The van der Waals surface area contributed by atoms with Gasteiger partial charge in [0, 0.05) is 5.56 Å². The molecule has 1 atom stereocenters. The molecule has 16 heavy (non-hydrogen) atoms. The summed E-state index contributed by atoms with van der Waals surface area (Å²) in [6, 6.07) is 15.9. The van der Waals surface area contributed by atoms with Crippen LogP contribution in [0.4, 0.5) is 0 Å². The van der Waals surface area contributed by atoms with Crippen molar-refractivity contribution in [3.05, 3.63) is 59.7 Å². The SMILES string of the molecule is Cc1ccc2c(c1)OC(c1ccccc1)O2. The minimum absolute atomic E-state index is 0.307. The Morgan fingerprint density at radius 1 is 0.875 bits per heavy atom. The van der Waals surface area contributed by atoms with Crippen molar-refractivity contribution in [2.45, 2.75) is 13.2 Å². The minimum Gasteiger partial charge on any atom is -0.447 e. The molecule has 0 aromatic heterocycles. The molecular weight excluding hydrogens is 200 g/mol. The van der Waals surface area contributed by atoms with Gasteiger partial charge in [0.25, 0.3) is 6.29 Å². The lowest BCUT2D eigenvalue weighted by molar-refractivity contribution is 0.0487. The van der Waals surface area contributed by atoms with Crippen LogP contribution >= 0.6 is 0 Å². The highest BCUT2D eigenvalue weighted by Crippen LogP contribution is 2.40. The van der Waals surface area contributed by atoms with E-state index in [-0.39, 0.29) is 6.29 Å². The fourth-order valence-electron chi connectivity index (χ4n) is 1.81. The van der Waals surface area contributed by atoms with Crippen molar-refractivity contribution in [2.75, 3.05) is 0 Å². The Kier molecular flexibility index (Phi) is 2.07. The van der Waals surface area contributed by atoms with Gasteiger partial charge in [-0.15, -0.1) is 0 Å². The topological polar surface area (TPSA) is 18.5 Å². The molecule has 0 saturated carbocycles. The van der Waals surface area contributed by atoms with E-state index in [1.165, 1.54) is 5.56 Å². The molecular formula is C14H12O2. The monoisotopic (exact) mass is 212 g/mol. The van der Waals surface area contributed by atoms with Gasteiger partial charge in [0.05, 0.1) is 0 Å². The van der Waals surface area contributed by atoms with Gasteiger partial charge in [0.1, 0.15) is 0 Å². The molecule has 0 saturated heterocycles.